The molecule has 8 heteroatoms. The minimum atomic E-state index is -1.31. The van der Waals surface area contributed by atoms with Crippen LogP contribution >= 0.6 is 22.9 Å². The Kier molecular flexibility index (Phi) is 7.10. The van der Waals surface area contributed by atoms with Gasteiger partial charge < -0.3 is 10.0 Å². The fourth-order valence-electron chi connectivity index (χ4n) is 5.24. The summed E-state index contributed by atoms with van der Waals surface area (Å²) < 4.78 is 0. The van der Waals surface area contributed by atoms with Gasteiger partial charge in [0, 0.05) is 26.9 Å². The third-order valence-electron chi connectivity index (χ3n) is 6.84. The minimum absolute atomic E-state index is 0.310. The number of halogens is 1. The largest absolute Gasteiger partial charge is 0.480 e. The summed E-state index contributed by atoms with van der Waals surface area (Å²) in [7, 11) is 0. The Morgan fingerprint density at radius 2 is 1.61 bits per heavy atom. The molecule has 1 saturated heterocycles. The van der Waals surface area contributed by atoms with Crippen molar-refractivity contribution in [3.8, 4) is 6.07 Å². The van der Waals surface area contributed by atoms with Gasteiger partial charge in [0.1, 0.15) is 6.04 Å². The van der Waals surface area contributed by atoms with Crippen LogP contribution in [0.4, 0.5) is 0 Å². The molecule has 38 heavy (non-hydrogen) atoms. The van der Waals surface area contributed by atoms with Gasteiger partial charge in [0.2, 0.25) is 0 Å². The Labute approximate surface area is 228 Å². The molecule has 6 nitrogen and oxygen atoms in total. The number of carbonyl (C=O) groups excluding carboxylic acids is 2. The summed E-state index contributed by atoms with van der Waals surface area (Å²) >= 11 is 7.57. The number of hydrogen-bond donors (Lipinski definition) is 1. The average molecular weight is 541 g/mol. The van der Waals surface area contributed by atoms with Crippen LogP contribution in [0.1, 0.15) is 48.7 Å². The van der Waals surface area contributed by atoms with Crippen molar-refractivity contribution >= 4 is 40.6 Å². The van der Waals surface area contributed by atoms with E-state index < -0.39 is 35.8 Å². The van der Waals surface area contributed by atoms with Crippen molar-refractivity contribution in [3.63, 3.8) is 0 Å². The van der Waals surface area contributed by atoms with Crippen molar-refractivity contribution in [1.82, 2.24) is 4.90 Å². The second kappa shape index (κ2) is 10.6. The number of carboxylic acid groups (broad SMARTS) is 1. The van der Waals surface area contributed by atoms with Crippen molar-refractivity contribution in [2.24, 2.45) is 5.92 Å². The lowest BCUT2D eigenvalue weighted by Crippen LogP contribution is -2.43. The first-order chi connectivity index (χ1) is 18.4. The van der Waals surface area contributed by atoms with Crippen molar-refractivity contribution in [3.05, 3.63) is 129 Å². The molecule has 0 bridgehead atoms. The van der Waals surface area contributed by atoms with Crippen molar-refractivity contribution < 1.29 is 19.5 Å². The Morgan fingerprint density at radius 1 is 0.895 bits per heavy atom. The monoisotopic (exact) mass is 540 g/mol. The predicted molar refractivity (Wildman–Crippen MR) is 144 cm³/mol. The van der Waals surface area contributed by atoms with Gasteiger partial charge in [0.15, 0.2) is 5.78 Å². The molecule has 1 fully saturated rings. The lowest BCUT2D eigenvalue weighted by atomic mass is 9.78. The molecule has 4 atom stereocenters. The van der Waals surface area contributed by atoms with E-state index in [9.17, 15) is 24.8 Å². The van der Waals surface area contributed by atoms with Gasteiger partial charge in [-0.3, -0.25) is 9.59 Å². The highest BCUT2D eigenvalue weighted by atomic mass is 35.5. The first-order valence-corrected chi connectivity index (χ1v) is 13.1. The molecule has 1 amide bonds. The standard InChI is InChI=1S/C30H21ClN2O4S/c31-22-9-4-8-21(16-22)28(34)25-24(23-10-5-15-38-23)27(30(36)37)33(29(35)20-6-2-1-3-7-20)26(25)19-13-11-18(17-32)12-14-19/h1-16,24-27H,(H,36,37). The Morgan fingerprint density at radius 3 is 2.21 bits per heavy atom. The molecule has 188 valence electrons. The van der Waals surface area contributed by atoms with Crippen LogP contribution in [-0.2, 0) is 4.79 Å². The van der Waals surface area contributed by atoms with Crippen LogP contribution in [0.2, 0.25) is 5.02 Å². The van der Waals surface area contributed by atoms with Crippen molar-refractivity contribution in [2.45, 2.75) is 18.0 Å². The van der Waals surface area contributed by atoms with E-state index in [2.05, 4.69) is 6.07 Å². The number of carboxylic acids is 1. The molecule has 1 aliphatic heterocycles. The fraction of sp³-hybridized carbons (Fsp3) is 0.133. The number of nitriles is 1. The zero-order chi connectivity index (χ0) is 26.8. The van der Waals surface area contributed by atoms with Crippen molar-refractivity contribution in [1.29, 1.82) is 5.26 Å². The topological polar surface area (TPSA) is 98.5 Å². The third-order valence-corrected chi connectivity index (χ3v) is 8.05. The normalized spacial score (nSPS) is 20.6. The zero-order valence-corrected chi connectivity index (χ0v) is 21.5. The number of ketones is 1. The summed E-state index contributed by atoms with van der Waals surface area (Å²) in [4.78, 5) is 43.2. The summed E-state index contributed by atoms with van der Waals surface area (Å²) in [5.41, 5.74) is 1.63. The maximum absolute atomic E-state index is 14.2. The molecule has 0 aliphatic carbocycles. The van der Waals surface area contributed by atoms with Crippen LogP contribution in [0, 0.1) is 17.2 Å². The lowest BCUT2D eigenvalue weighted by Gasteiger charge is -2.30. The smallest absolute Gasteiger partial charge is 0.327 e. The molecule has 4 aromatic rings. The lowest BCUT2D eigenvalue weighted by molar-refractivity contribution is -0.142. The molecule has 1 aliphatic rings. The molecule has 1 N–H and O–H groups in total. The van der Waals surface area contributed by atoms with E-state index in [1.54, 1.807) is 91.0 Å². The second-order valence-electron chi connectivity index (χ2n) is 8.98. The molecule has 0 spiro atoms. The number of benzene rings is 3. The van der Waals surface area contributed by atoms with E-state index in [1.165, 1.54) is 16.2 Å². The van der Waals surface area contributed by atoms with Crippen molar-refractivity contribution in [2.75, 3.05) is 0 Å². The number of nitrogens with zero attached hydrogens (tertiary/aromatic N) is 2. The minimum Gasteiger partial charge on any atom is -0.480 e. The van der Waals surface area contributed by atoms with Gasteiger partial charge >= 0.3 is 5.97 Å². The molecular weight excluding hydrogens is 520 g/mol. The molecule has 1 aromatic heterocycles. The van der Waals surface area contributed by atoms with E-state index in [0.717, 1.165) is 0 Å². The summed E-state index contributed by atoms with van der Waals surface area (Å²) in [5.74, 6) is -3.74. The van der Waals surface area contributed by atoms with Crippen LogP contribution in [0.5, 0.6) is 0 Å². The van der Waals surface area contributed by atoms with Crippen LogP contribution in [0.15, 0.2) is 96.4 Å². The zero-order valence-electron chi connectivity index (χ0n) is 19.9. The van der Waals surface area contributed by atoms with Gasteiger partial charge in [-0.2, -0.15) is 5.26 Å². The molecule has 0 saturated carbocycles. The first-order valence-electron chi connectivity index (χ1n) is 11.8. The second-order valence-corrected chi connectivity index (χ2v) is 10.4. The van der Waals surface area contributed by atoms with Gasteiger partial charge in [-0.15, -0.1) is 11.3 Å². The highest BCUT2D eigenvalue weighted by Crippen LogP contribution is 2.52. The third kappa shape index (κ3) is 4.60. The van der Waals surface area contributed by atoms with Gasteiger partial charge in [-0.05, 0) is 53.4 Å². The fourth-order valence-corrected chi connectivity index (χ4v) is 6.34. The molecule has 2 heterocycles. The van der Waals surface area contributed by atoms with Gasteiger partial charge in [0.05, 0.1) is 23.6 Å². The quantitative estimate of drug-likeness (QED) is 0.293. The average Bonchev–Trinajstić information content (AvgIpc) is 3.59. The number of carbonyl (C=O) groups is 3. The summed E-state index contributed by atoms with van der Waals surface area (Å²) in [6.45, 7) is 0. The molecule has 5 rings (SSSR count). The highest BCUT2D eigenvalue weighted by molar-refractivity contribution is 7.10. The van der Waals surface area contributed by atoms with E-state index >= 15 is 0 Å². The summed E-state index contributed by atoms with van der Waals surface area (Å²) in [5, 5.41) is 22.1. The van der Waals surface area contributed by atoms with E-state index in [-0.39, 0.29) is 5.78 Å². The van der Waals surface area contributed by atoms with Gasteiger partial charge in [-0.25, -0.2) is 4.79 Å². The van der Waals surface area contributed by atoms with E-state index in [0.29, 0.717) is 32.2 Å². The van der Waals surface area contributed by atoms with Crippen LogP contribution in [0.3, 0.4) is 0 Å². The highest BCUT2D eigenvalue weighted by Gasteiger charge is 2.58. The van der Waals surface area contributed by atoms with Crippen LogP contribution in [0.25, 0.3) is 0 Å². The number of thiophene rings is 1. The number of rotatable bonds is 6. The van der Waals surface area contributed by atoms with Crippen LogP contribution in [-0.4, -0.2) is 33.7 Å². The number of aliphatic carboxylic acids is 1. The van der Waals surface area contributed by atoms with E-state index in [1.807, 2.05) is 5.38 Å². The Bertz CT molecular complexity index is 1530. The molecule has 4 unspecified atom stereocenters. The molecule has 0 radical (unpaired) electrons. The summed E-state index contributed by atoms with van der Waals surface area (Å²) in [6.07, 6.45) is 0. The molecular formula is C30H21ClN2O4S. The SMILES string of the molecule is N#Cc1ccc(C2C(C(=O)c3cccc(Cl)c3)C(c3cccs3)C(C(=O)O)N2C(=O)c2ccccc2)cc1. The van der Waals surface area contributed by atoms with Gasteiger partial charge in [0.25, 0.3) is 5.91 Å². The number of Topliss-reactive ketones (excluding diaryl/α,β-unsaturated/α-hetero) is 1. The van der Waals surface area contributed by atoms with E-state index in [4.69, 9.17) is 11.6 Å². The summed E-state index contributed by atoms with van der Waals surface area (Å²) in [6, 6.07) is 25.0. The number of likely N-dealkylation sites (tertiary alicyclic amines) is 1. The first kappa shape index (κ1) is 25.4. The van der Waals surface area contributed by atoms with Crippen LogP contribution < -0.4 is 0 Å². The Hall–Kier alpha value is -4.25. The number of hydrogen-bond acceptors (Lipinski definition) is 5. The molecule has 3 aromatic carbocycles. The predicted octanol–water partition coefficient (Wildman–Crippen LogP) is 6.21. The maximum atomic E-state index is 14.2. The Balaban J connectivity index is 1.76. The number of amides is 1. The van der Waals surface area contributed by atoms with Gasteiger partial charge in [-0.1, -0.05) is 60.1 Å². The maximum Gasteiger partial charge on any atom is 0.327 e.